The molecule has 0 spiro atoms. The van der Waals surface area contributed by atoms with Gasteiger partial charge in [-0.25, -0.2) is 0 Å². The van der Waals surface area contributed by atoms with E-state index in [4.69, 9.17) is 27.9 Å². The van der Waals surface area contributed by atoms with E-state index >= 15 is 0 Å². The van der Waals surface area contributed by atoms with E-state index < -0.39 is 10.8 Å². The maximum Gasteiger partial charge on any atom is 0.311 e. The van der Waals surface area contributed by atoms with Crippen molar-refractivity contribution in [3.8, 4) is 5.75 Å². The van der Waals surface area contributed by atoms with Crippen LogP contribution in [0.15, 0.2) is 36.4 Å². The normalized spacial score (nSPS) is 10.1. The van der Waals surface area contributed by atoms with Crippen molar-refractivity contribution in [2.24, 2.45) is 0 Å². The number of nitrogens with one attached hydrogen (secondary N) is 1. The average molecular weight is 341 g/mol. The van der Waals surface area contributed by atoms with Crippen molar-refractivity contribution in [2.75, 3.05) is 12.4 Å². The first-order valence-electron chi connectivity index (χ1n) is 6.02. The summed E-state index contributed by atoms with van der Waals surface area (Å²) in [6.07, 6.45) is 0. The number of ether oxygens (including phenoxy) is 1. The Hall–Kier alpha value is -2.31. The molecule has 1 amide bonds. The lowest BCUT2D eigenvalue weighted by molar-refractivity contribution is -0.385. The van der Waals surface area contributed by atoms with E-state index in [1.807, 2.05) is 0 Å². The minimum absolute atomic E-state index is 0.0670. The lowest BCUT2D eigenvalue weighted by atomic mass is 10.1. The molecule has 2 rings (SSSR count). The molecule has 0 aliphatic rings. The largest absolute Gasteiger partial charge is 0.490 e. The monoisotopic (exact) mass is 340 g/mol. The van der Waals surface area contributed by atoms with Gasteiger partial charge in [0.1, 0.15) is 0 Å². The van der Waals surface area contributed by atoms with Gasteiger partial charge in [-0.2, -0.15) is 0 Å². The van der Waals surface area contributed by atoms with Crippen molar-refractivity contribution in [3.63, 3.8) is 0 Å². The molecule has 22 heavy (non-hydrogen) atoms. The molecule has 8 heteroatoms. The average Bonchev–Trinajstić information content (AvgIpc) is 2.50. The van der Waals surface area contributed by atoms with Crippen molar-refractivity contribution in [1.82, 2.24) is 0 Å². The van der Waals surface area contributed by atoms with Gasteiger partial charge in [-0.15, -0.1) is 0 Å². The smallest absolute Gasteiger partial charge is 0.311 e. The Labute approximate surface area is 135 Å². The van der Waals surface area contributed by atoms with Gasteiger partial charge in [0.2, 0.25) is 0 Å². The Bertz CT molecular complexity index is 729. The third-order valence-corrected chi connectivity index (χ3v) is 3.47. The summed E-state index contributed by atoms with van der Waals surface area (Å²) in [5, 5.41) is 14.0. The van der Waals surface area contributed by atoms with Gasteiger partial charge in [-0.3, -0.25) is 14.9 Å². The molecule has 6 nitrogen and oxygen atoms in total. The van der Waals surface area contributed by atoms with E-state index in [0.717, 1.165) is 6.07 Å². The van der Waals surface area contributed by atoms with E-state index in [1.165, 1.54) is 19.2 Å². The fraction of sp³-hybridized carbons (Fsp3) is 0.0714. The Morgan fingerprint density at radius 2 is 1.86 bits per heavy atom. The second kappa shape index (κ2) is 6.64. The summed E-state index contributed by atoms with van der Waals surface area (Å²) < 4.78 is 4.88. The van der Waals surface area contributed by atoms with Gasteiger partial charge in [0.15, 0.2) is 5.75 Å². The van der Waals surface area contributed by atoms with Gasteiger partial charge in [0.25, 0.3) is 5.91 Å². The number of nitro benzene ring substituents is 1. The van der Waals surface area contributed by atoms with Crippen molar-refractivity contribution in [1.29, 1.82) is 0 Å². The number of nitro groups is 1. The number of amides is 1. The summed E-state index contributed by atoms with van der Waals surface area (Å²) in [5.41, 5.74) is 0.0261. The molecular formula is C14H10Cl2N2O4. The molecule has 0 unspecified atom stereocenters. The molecule has 2 aromatic rings. The summed E-state index contributed by atoms with van der Waals surface area (Å²) in [5.74, 6) is -0.502. The van der Waals surface area contributed by atoms with Crippen LogP contribution in [0.25, 0.3) is 0 Å². The number of methoxy groups -OCH3 is 1. The second-order valence-electron chi connectivity index (χ2n) is 4.19. The van der Waals surface area contributed by atoms with Crippen LogP contribution >= 0.6 is 23.2 Å². The van der Waals surface area contributed by atoms with Crippen molar-refractivity contribution in [2.45, 2.75) is 0 Å². The maximum atomic E-state index is 12.2. The van der Waals surface area contributed by atoms with Crippen LogP contribution in [0.5, 0.6) is 5.75 Å². The highest BCUT2D eigenvalue weighted by Gasteiger charge is 2.19. The topological polar surface area (TPSA) is 81.5 Å². The number of carbonyl (C=O) groups excluding carboxylic acids is 1. The van der Waals surface area contributed by atoms with Crippen LogP contribution in [0.2, 0.25) is 10.0 Å². The number of hydrogen-bond donors (Lipinski definition) is 1. The number of halogens is 2. The molecule has 0 saturated carbocycles. The van der Waals surface area contributed by atoms with Gasteiger partial charge in [0.05, 0.1) is 27.8 Å². The minimum Gasteiger partial charge on any atom is -0.490 e. The molecule has 114 valence electrons. The highest BCUT2D eigenvalue weighted by atomic mass is 35.5. The predicted octanol–water partition coefficient (Wildman–Crippen LogP) is 4.16. The van der Waals surface area contributed by atoms with Crippen LogP contribution < -0.4 is 10.1 Å². The molecule has 0 saturated heterocycles. The van der Waals surface area contributed by atoms with Crippen LogP contribution in [0.4, 0.5) is 11.4 Å². The molecule has 0 aliphatic heterocycles. The zero-order chi connectivity index (χ0) is 16.3. The summed E-state index contributed by atoms with van der Waals surface area (Å²) >= 11 is 11.9. The number of hydrogen-bond acceptors (Lipinski definition) is 4. The van der Waals surface area contributed by atoms with Gasteiger partial charge in [-0.1, -0.05) is 29.3 Å². The zero-order valence-electron chi connectivity index (χ0n) is 11.3. The number of anilines is 1. The first-order valence-corrected chi connectivity index (χ1v) is 6.77. The Balaban J connectivity index is 2.34. The van der Waals surface area contributed by atoms with Crippen LogP contribution in [-0.4, -0.2) is 17.9 Å². The number of rotatable bonds is 4. The molecule has 2 aromatic carbocycles. The van der Waals surface area contributed by atoms with Crippen LogP contribution in [0.1, 0.15) is 10.4 Å². The lowest BCUT2D eigenvalue weighted by Crippen LogP contribution is -2.13. The number of nitrogens with zero attached hydrogens (tertiary/aromatic N) is 1. The van der Waals surface area contributed by atoms with Gasteiger partial charge >= 0.3 is 5.69 Å². The lowest BCUT2D eigenvalue weighted by Gasteiger charge is -2.09. The van der Waals surface area contributed by atoms with Crippen LogP contribution in [-0.2, 0) is 0 Å². The number of para-hydroxylation sites is 1. The highest BCUT2D eigenvalue weighted by Crippen LogP contribution is 2.31. The van der Waals surface area contributed by atoms with E-state index in [1.54, 1.807) is 18.2 Å². The summed E-state index contributed by atoms with van der Waals surface area (Å²) in [7, 11) is 1.31. The van der Waals surface area contributed by atoms with E-state index in [9.17, 15) is 14.9 Å². The third-order valence-electron chi connectivity index (χ3n) is 2.84. The predicted molar refractivity (Wildman–Crippen MR) is 84.1 cm³/mol. The van der Waals surface area contributed by atoms with Crippen LogP contribution in [0.3, 0.4) is 0 Å². The molecule has 0 aliphatic carbocycles. The molecular weight excluding hydrogens is 331 g/mol. The fourth-order valence-electron chi connectivity index (χ4n) is 1.78. The summed E-state index contributed by atoms with van der Waals surface area (Å²) in [4.78, 5) is 22.5. The summed E-state index contributed by atoms with van der Waals surface area (Å²) in [6, 6.07) is 8.66. The zero-order valence-corrected chi connectivity index (χ0v) is 12.8. The third kappa shape index (κ3) is 3.29. The number of carbonyl (C=O) groups is 1. The SMILES string of the molecule is COc1ccc(C(=O)Nc2c(Cl)cccc2Cl)cc1[N+](=O)[O-]. The highest BCUT2D eigenvalue weighted by molar-refractivity contribution is 6.40. The van der Waals surface area contributed by atoms with Gasteiger partial charge in [-0.05, 0) is 24.3 Å². The van der Waals surface area contributed by atoms with Crippen molar-refractivity contribution in [3.05, 3.63) is 62.1 Å². The number of benzene rings is 2. The molecule has 0 bridgehead atoms. The second-order valence-corrected chi connectivity index (χ2v) is 5.01. The summed E-state index contributed by atoms with van der Waals surface area (Å²) in [6.45, 7) is 0. The molecule has 0 radical (unpaired) electrons. The van der Waals surface area contributed by atoms with Gasteiger partial charge < -0.3 is 10.1 Å². The van der Waals surface area contributed by atoms with E-state index in [-0.39, 0.29) is 32.7 Å². The van der Waals surface area contributed by atoms with E-state index in [2.05, 4.69) is 5.32 Å². The molecule has 1 N–H and O–H groups in total. The Morgan fingerprint density at radius 1 is 1.23 bits per heavy atom. The molecule has 0 aromatic heterocycles. The van der Waals surface area contributed by atoms with Crippen molar-refractivity contribution < 1.29 is 14.5 Å². The Kier molecular flexibility index (Phi) is 4.85. The first kappa shape index (κ1) is 16.1. The minimum atomic E-state index is -0.627. The molecule has 0 atom stereocenters. The maximum absolute atomic E-state index is 12.2. The Morgan fingerprint density at radius 3 is 2.41 bits per heavy atom. The fourth-order valence-corrected chi connectivity index (χ4v) is 2.27. The molecule has 0 fully saturated rings. The standard InChI is InChI=1S/C14H10Cl2N2O4/c1-22-12-6-5-8(7-11(12)18(20)21)14(19)17-13-9(15)3-2-4-10(13)16/h2-7H,1H3,(H,17,19). The van der Waals surface area contributed by atoms with Crippen molar-refractivity contribution >= 4 is 40.5 Å². The first-order chi connectivity index (χ1) is 10.4. The quantitative estimate of drug-likeness (QED) is 0.669. The van der Waals surface area contributed by atoms with Crippen LogP contribution in [0, 0.1) is 10.1 Å². The van der Waals surface area contributed by atoms with Gasteiger partial charge in [0, 0.05) is 11.6 Å². The van der Waals surface area contributed by atoms with E-state index in [0.29, 0.717) is 0 Å². The molecule has 0 heterocycles.